The lowest BCUT2D eigenvalue weighted by molar-refractivity contribution is 0.0184. The van der Waals surface area contributed by atoms with Crippen molar-refractivity contribution < 1.29 is 9.53 Å². The summed E-state index contributed by atoms with van der Waals surface area (Å²) in [5, 5.41) is 3.48. The molecule has 5 nitrogen and oxygen atoms in total. The Morgan fingerprint density at radius 1 is 1.35 bits per heavy atom. The molecule has 1 amide bonds. The first-order chi connectivity index (χ1) is 10.8. The lowest BCUT2D eigenvalue weighted by Crippen LogP contribution is -2.43. The summed E-state index contributed by atoms with van der Waals surface area (Å²) >= 11 is 0. The third kappa shape index (κ3) is 6.18. The van der Waals surface area contributed by atoms with Gasteiger partial charge in [-0.2, -0.15) is 0 Å². The van der Waals surface area contributed by atoms with E-state index in [1.54, 1.807) is 0 Å². The second-order valence-electron chi connectivity index (χ2n) is 7.31. The van der Waals surface area contributed by atoms with Crippen LogP contribution < -0.4 is 5.32 Å². The third-order valence-electron chi connectivity index (χ3n) is 3.95. The second kappa shape index (κ2) is 7.77. The molecule has 1 saturated heterocycles. The quantitative estimate of drug-likeness (QED) is 0.926. The summed E-state index contributed by atoms with van der Waals surface area (Å²) in [5.74, 6) is 0.610. The smallest absolute Gasteiger partial charge is 0.410 e. The molecule has 1 aliphatic rings. The highest BCUT2D eigenvalue weighted by molar-refractivity contribution is 5.68. The van der Waals surface area contributed by atoms with Crippen molar-refractivity contribution >= 4 is 6.09 Å². The molecule has 1 fully saturated rings. The maximum Gasteiger partial charge on any atom is 0.410 e. The average Bonchev–Trinajstić information content (AvgIpc) is 2.46. The largest absolute Gasteiger partial charge is 0.444 e. The molecule has 1 aromatic heterocycles. The standard InChI is InChI=1S/C18H29N3O2/c1-14-6-5-7-16(20-14)13-19-12-15-8-10-21(11-9-15)17(22)23-18(2,3)4/h5-7,15,19H,8-13H2,1-4H3. The molecule has 0 bridgehead atoms. The normalized spacial score (nSPS) is 16.4. The van der Waals surface area contributed by atoms with E-state index in [9.17, 15) is 4.79 Å². The van der Waals surface area contributed by atoms with Gasteiger partial charge in [0.1, 0.15) is 5.60 Å². The first-order valence-corrected chi connectivity index (χ1v) is 8.45. The van der Waals surface area contributed by atoms with Gasteiger partial charge in [-0.05, 0) is 65.1 Å². The Morgan fingerprint density at radius 3 is 2.65 bits per heavy atom. The van der Waals surface area contributed by atoms with E-state index in [1.807, 2.05) is 50.8 Å². The van der Waals surface area contributed by atoms with E-state index in [0.29, 0.717) is 5.92 Å². The van der Waals surface area contributed by atoms with E-state index in [1.165, 1.54) is 0 Å². The third-order valence-corrected chi connectivity index (χ3v) is 3.95. The number of piperidine rings is 1. The number of nitrogens with one attached hydrogen (secondary N) is 1. The number of nitrogens with zero attached hydrogens (tertiary/aromatic N) is 2. The summed E-state index contributed by atoms with van der Waals surface area (Å²) < 4.78 is 5.43. The van der Waals surface area contributed by atoms with Gasteiger partial charge in [0.2, 0.25) is 0 Å². The van der Waals surface area contributed by atoms with Crippen molar-refractivity contribution in [1.82, 2.24) is 15.2 Å². The van der Waals surface area contributed by atoms with E-state index in [0.717, 1.165) is 50.4 Å². The van der Waals surface area contributed by atoms with Crippen LogP contribution in [0.1, 0.15) is 45.0 Å². The van der Waals surface area contributed by atoms with E-state index >= 15 is 0 Å². The van der Waals surface area contributed by atoms with Crippen molar-refractivity contribution in [3.8, 4) is 0 Å². The van der Waals surface area contributed by atoms with Gasteiger partial charge in [0.25, 0.3) is 0 Å². The maximum atomic E-state index is 12.0. The molecule has 128 valence electrons. The van der Waals surface area contributed by atoms with Gasteiger partial charge < -0.3 is 15.0 Å². The molecule has 0 saturated carbocycles. The van der Waals surface area contributed by atoms with Crippen LogP contribution in [0, 0.1) is 12.8 Å². The van der Waals surface area contributed by atoms with E-state index in [2.05, 4.69) is 10.3 Å². The van der Waals surface area contributed by atoms with Crippen LogP contribution in [0.2, 0.25) is 0 Å². The Hall–Kier alpha value is -1.62. The summed E-state index contributed by atoms with van der Waals surface area (Å²) in [6.07, 6.45) is 1.86. The zero-order chi connectivity index (χ0) is 16.9. The van der Waals surface area contributed by atoms with Crippen LogP contribution in [-0.2, 0) is 11.3 Å². The first kappa shape index (κ1) is 17.7. The molecule has 1 N–H and O–H groups in total. The van der Waals surface area contributed by atoms with Crippen LogP contribution in [0.25, 0.3) is 0 Å². The predicted molar refractivity (Wildman–Crippen MR) is 91.2 cm³/mol. The van der Waals surface area contributed by atoms with Gasteiger partial charge in [-0.15, -0.1) is 0 Å². The van der Waals surface area contributed by atoms with Crippen LogP contribution in [0.15, 0.2) is 18.2 Å². The molecule has 0 unspecified atom stereocenters. The molecule has 2 rings (SSSR count). The predicted octanol–water partition coefficient (Wildman–Crippen LogP) is 3.13. The number of hydrogen-bond acceptors (Lipinski definition) is 4. The van der Waals surface area contributed by atoms with Crippen LogP contribution in [0.4, 0.5) is 4.79 Å². The number of likely N-dealkylation sites (tertiary alicyclic amines) is 1. The SMILES string of the molecule is Cc1cccc(CNCC2CCN(C(=O)OC(C)(C)C)CC2)n1. The fourth-order valence-electron chi connectivity index (χ4n) is 2.75. The molecule has 1 aliphatic heterocycles. The fourth-order valence-corrected chi connectivity index (χ4v) is 2.75. The minimum Gasteiger partial charge on any atom is -0.444 e. The van der Waals surface area contributed by atoms with E-state index in [4.69, 9.17) is 4.74 Å². The minimum atomic E-state index is -0.420. The summed E-state index contributed by atoms with van der Waals surface area (Å²) in [4.78, 5) is 18.3. The number of pyridine rings is 1. The lowest BCUT2D eigenvalue weighted by atomic mass is 9.97. The van der Waals surface area contributed by atoms with Gasteiger partial charge in [0.05, 0.1) is 5.69 Å². The summed E-state index contributed by atoms with van der Waals surface area (Å²) in [5.41, 5.74) is 1.71. The van der Waals surface area contributed by atoms with Crippen molar-refractivity contribution in [2.75, 3.05) is 19.6 Å². The summed E-state index contributed by atoms with van der Waals surface area (Å²) in [7, 11) is 0. The summed E-state index contributed by atoms with van der Waals surface area (Å²) in [6.45, 7) is 11.1. The molecule has 0 radical (unpaired) electrons. The molecular weight excluding hydrogens is 290 g/mol. The number of aromatic nitrogens is 1. The number of hydrogen-bond donors (Lipinski definition) is 1. The van der Waals surface area contributed by atoms with Crippen LogP contribution in [-0.4, -0.2) is 41.2 Å². The molecular formula is C18H29N3O2. The van der Waals surface area contributed by atoms with Crippen molar-refractivity contribution in [2.24, 2.45) is 5.92 Å². The number of aryl methyl sites for hydroxylation is 1. The van der Waals surface area contributed by atoms with Crippen LogP contribution in [0.3, 0.4) is 0 Å². The minimum absolute atomic E-state index is 0.187. The van der Waals surface area contributed by atoms with Crippen molar-refractivity contribution in [3.63, 3.8) is 0 Å². The number of rotatable bonds is 4. The highest BCUT2D eigenvalue weighted by atomic mass is 16.6. The Balaban J connectivity index is 1.68. The highest BCUT2D eigenvalue weighted by Gasteiger charge is 2.26. The van der Waals surface area contributed by atoms with Crippen molar-refractivity contribution in [1.29, 1.82) is 0 Å². The topological polar surface area (TPSA) is 54.5 Å². The molecule has 0 aliphatic carbocycles. The van der Waals surface area contributed by atoms with Crippen molar-refractivity contribution in [2.45, 2.75) is 52.7 Å². The Labute approximate surface area is 139 Å². The molecule has 1 aromatic rings. The number of ether oxygens (including phenoxy) is 1. The summed E-state index contributed by atoms with van der Waals surface area (Å²) in [6, 6.07) is 6.10. The van der Waals surface area contributed by atoms with Crippen LogP contribution in [0.5, 0.6) is 0 Å². The second-order valence-corrected chi connectivity index (χ2v) is 7.31. The fraction of sp³-hybridized carbons (Fsp3) is 0.667. The first-order valence-electron chi connectivity index (χ1n) is 8.45. The van der Waals surface area contributed by atoms with Gasteiger partial charge in [-0.1, -0.05) is 6.07 Å². The highest BCUT2D eigenvalue weighted by Crippen LogP contribution is 2.19. The van der Waals surface area contributed by atoms with Gasteiger partial charge in [-0.25, -0.2) is 4.79 Å². The molecule has 5 heteroatoms. The molecule has 23 heavy (non-hydrogen) atoms. The number of carbonyl (C=O) groups excluding carboxylic acids is 1. The van der Waals surface area contributed by atoms with Gasteiger partial charge in [0, 0.05) is 25.3 Å². The van der Waals surface area contributed by atoms with Gasteiger partial charge in [-0.3, -0.25) is 4.98 Å². The zero-order valence-corrected chi connectivity index (χ0v) is 14.8. The molecule has 2 heterocycles. The number of amides is 1. The van der Waals surface area contributed by atoms with Gasteiger partial charge in [0.15, 0.2) is 0 Å². The Kier molecular flexibility index (Phi) is 5.99. The zero-order valence-electron chi connectivity index (χ0n) is 14.8. The van der Waals surface area contributed by atoms with Gasteiger partial charge >= 0.3 is 6.09 Å². The Bertz CT molecular complexity index is 517. The lowest BCUT2D eigenvalue weighted by Gasteiger charge is -2.33. The molecule has 0 atom stereocenters. The monoisotopic (exact) mass is 319 g/mol. The van der Waals surface area contributed by atoms with E-state index < -0.39 is 5.60 Å². The average molecular weight is 319 g/mol. The Morgan fingerprint density at radius 2 is 2.04 bits per heavy atom. The van der Waals surface area contributed by atoms with Crippen molar-refractivity contribution in [3.05, 3.63) is 29.6 Å². The van der Waals surface area contributed by atoms with E-state index in [-0.39, 0.29) is 6.09 Å². The maximum absolute atomic E-state index is 12.0. The number of carbonyl (C=O) groups is 1. The molecule has 0 aromatic carbocycles. The molecule has 0 spiro atoms. The van der Waals surface area contributed by atoms with Crippen LogP contribution >= 0.6 is 0 Å².